The molecular weight excluding hydrogens is 711 g/mol. The van der Waals surface area contributed by atoms with Crippen molar-refractivity contribution < 1.29 is 8.83 Å². The summed E-state index contributed by atoms with van der Waals surface area (Å²) in [7, 11) is 0. The summed E-state index contributed by atoms with van der Waals surface area (Å²) in [4.78, 5) is 15.5. The van der Waals surface area contributed by atoms with E-state index in [2.05, 4.69) is 121 Å². The first-order valence-electron chi connectivity index (χ1n) is 19.4. The van der Waals surface area contributed by atoms with Crippen molar-refractivity contribution >= 4 is 65.4 Å². The molecule has 270 valence electrons. The number of hydrogen-bond acceptors (Lipinski definition) is 5. The molecule has 0 saturated heterocycles. The Kier molecular flexibility index (Phi) is 7.16. The van der Waals surface area contributed by atoms with Crippen molar-refractivity contribution in [3.63, 3.8) is 0 Å². The van der Waals surface area contributed by atoms with Crippen LogP contribution in [0.3, 0.4) is 0 Å². The summed E-state index contributed by atoms with van der Waals surface area (Å²) in [5, 5.41) is 8.73. The van der Waals surface area contributed by atoms with Crippen LogP contribution in [0.25, 0.3) is 122 Å². The lowest BCUT2D eigenvalue weighted by atomic mass is 9.90. The van der Waals surface area contributed by atoms with E-state index < -0.39 is 0 Å². The van der Waals surface area contributed by atoms with E-state index in [1.54, 1.807) is 0 Å². The molecule has 0 saturated carbocycles. The molecule has 9 aromatic carbocycles. The van der Waals surface area contributed by atoms with Crippen LogP contribution in [0.1, 0.15) is 0 Å². The zero-order valence-electron chi connectivity index (χ0n) is 31.1. The van der Waals surface area contributed by atoms with Gasteiger partial charge in [0, 0.05) is 43.8 Å². The molecule has 0 spiro atoms. The molecule has 0 bridgehead atoms. The number of rotatable bonds is 5. The van der Waals surface area contributed by atoms with Gasteiger partial charge in [-0.2, -0.15) is 0 Å². The summed E-state index contributed by atoms with van der Waals surface area (Å²) < 4.78 is 13.0. The van der Waals surface area contributed by atoms with Gasteiger partial charge in [0.25, 0.3) is 0 Å². The minimum absolute atomic E-state index is 0.588. The average Bonchev–Trinajstić information content (AvgIpc) is 3.88. The smallest absolute Gasteiger partial charge is 0.164 e. The van der Waals surface area contributed by atoms with Crippen LogP contribution in [-0.2, 0) is 0 Å². The fraction of sp³-hybridized carbons (Fsp3) is 0. The maximum Gasteiger partial charge on any atom is 0.164 e. The van der Waals surface area contributed by atoms with Crippen LogP contribution in [0, 0.1) is 0 Å². The Hall–Kier alpha value is -7.89. The number of furan rings is 2. The zero-order valence-corrected chi connectivity index (χ0v) is 31.1. The average molecular weight is 742 g/mol. The van der Waals surface area contributed by atoms with Gasteiger partial charge in [0.05, 0.1) is 0 Å². The highest BCUT2D eigenvalue weighted by Gasteiger charge is 2.22. The van der Waals surface area contributed by atoms with E-state index >= 15 is 0 Å². The number of aromatic nitrogens is 3. The summed E-state index contributed by atoms with van der Waals surface area (Å²) in [6.45, 7) is 0. The minimum atomic E-state index is 0.588. The van der Waals surface area contributed by atoms with Crippen LogP contribution in [0.2, 0.25) is 0 Å². The van der Waals surface area contributed by atoms with Gasteiger partial charge in [0.1, 0.15) is 22.3 Å². The standard InChI is InChI=1S/C53H31N3O2/c1-2-14-33(15-3-1)51-54-52(56-53(55-51)44-21-12-24-47-48(44)42-19-8-10-22-45(42)57-47)41-30-28-39(37-17-6-7-18-38(37)41)40-29-27-36(35-26-25-32-13-4-5-16-34(32)31-35)50-49(40)43-20-9-11-23-46(43)58-50/h1-31H. The number of fused-ring (bicyclic) bond motifs is 8. The van der Waals surface area contributed by atoms with Crippen LogP contribution in [0.15, 0.2) is 197 Å². The first-order chi connectivity index (χ1) is 28.7. The van der Waals surface area contributed by atoms with Crippen molar-refractivity contribution in [2.24, 2.45) is 0 Å². The maximum atomic E-state index is 6.75. The summed E-state index contributed by atoms with van der Waals surface area (Å²) in [6.07, 6.45) is 0. The summed E-state index contributed by atoms with van der Waals surface area (Å²) in [6, 6.07) is 65.1. The highest BCUT2D eigenvalue weighted by atomic mass is 16.3. The molecule has 12 aromatic rings. The molecule has 0 radical (unpaired) electrons. The zero-order chi connectivity index (χ0) is 38.2. The molecule has 5 heteroatoms. The van der Waals surface area contributed by atoms with Crippen molar-refractivity contribution in [2.45, 2.75) is 0 Å². The molecule has 0 N–H and O–H groups in total. The fourth-order valence-corrected chi connectivity index (χ4v) is 8.66. The van der Waals surface area contributed by atoms with Gasteiger partial charge < -0.3 is 8.83 Å². The van der Waals surface area contributed by atoms with E-state index in [9.17, 15) is 0 Å². The molecule has 3 aromatic heterocycles. The lowest BCUT2D eigenvalue weighted by molar-refractivity contribution is 0.669. The molecule has 0 aliphatic rings. The van der Waals surface area contributed by atoms with Crippen LogP contribution >= 0.6 is 0 Å². The largest absolute Gasteiger partial charge is 0.456 e. The number of hydrogen-bond donors (Lipinski definition) is 0. The van der Waals surface area contributed by atoms with Crippen LogP contribution in [0.4, 0.5) is 0 Å². The number of nitrogens with zero attached hydrogens (tertiary/aromatic N) is 3. The molecule has 5 nitrogen and oxygen atoms in total. The molecule has 3 heterocycles. The van der Waals surface area contributed by atoms with Gasteiger partial charge in [0.15, 0.2) is 17.5 Å². The summed E-state index contributed by atoms with van der Waals surface area (Å²) in [5.74, 6) is 1.79. The Balaban J connectivity index is 1.08. The Morgan fingerprint density at radius 3 is 1.67 bits per heavy atom. The lowest BCUT2D eigenvalue weighted by Gasteiger charge is -2.15. The molecule has 0 aliphatic heterocycles. The summed E-state index contributed by atoms with van der Waals surface area (Å²) in [5.41, 5.74) is 10.5. The van der Waals surface area contributed by atoms with Gasteiger partial charge in [-0.1, -0.05) is 152 Å². The van der Waals surface area contributed by atoms with Crippen molar-refractivity contribution in [1.82, 2.24) is 15.0 Å². The van der Waals surface area contributed by atoms with Gasteiger partial charge in [-0.05, 0) is 74.6 Å². The predicted molar refractivity (Wildman–Crippen MR) is 237 cm³/mol. The van der Waals surface area contributed by atoms with Crippen LogP contribution in [0.5, 0.6) is 0 Å². The third-order valence-corrected chi connectivity index (χ3v) is 11.4. The Labute approximate surface area is 332 Å². The van der Waals surface area contributed by atoms with Gasteiger partial charge >= 0.3 is 0 Å². The first kappa shape index (κ1) is 32.4. The van der Waals surface area contributed by atoms with Crippen molar-refractivity contribution in [1.29, 1.82) is 0 Å². The van der Waals surface area contributed by atoms with Crippen LogP contribution in [-0.4, -0.2) is 15.0 Å². The van der Waals surface area contributed by atoms with Crippen LogP contribution < -0.4 is 0 Å². The molecule has 12 rings (SSSR count). The lowest BCUT2D eigenvalue weighted by Crippen LogP contribution is -2.01. The summed E-state index contributed by atoms with van der Waals surface area (Å²) >= 11 is 0. The van der Waals surface area contributed by atoms with Gasteiger partial charge in [-0.15, -0.1) is 0 Å². The Morgan fingerprint density at radius 2 is 0.862 bits per heavy atom. The monoisotopic (exact) mass is 741 g/mol. The predicted octanol–water partition coefficient (Wildman–Crippen LogP) is 14.3. The molecule has 0 unspecified atom stereocenters. The van der Waals surface area contributed by atoms with Gasteiger partial charge in [-0.25, -0.2) is 15.0 Å². The molecular formula is C53H31N3O2. The van der Waals surface area contributed by atoms with E-state index in [1.807, 2.05) is 66.7 Å². The van der Waals surface area contributed by atoms with E-state index in [-0.39, 0.29) is 0 Å². The molecule has 58 heavy (non-hydrogen) atoms. The third-order valence-electron chi connectivity index (χ3n) is 11.4. The number of para-hydroxylation sites is 2. The Bertz CT molecular complexity index is 3580. The van der Waals surface area contributed by atoms with Crippen molar-refractivity contribution in [3.8, 4) is 56.4 Å². The molecule has 0 aliphatic carbocycles. The number of benzene rings is 9. The first-order valence-corrected chi connectivity index (χ1v) is 19.4. The van der Waals surface area contributed by atoms with Gasteiger partial charge in [0.2, 0.25) is 0 Å². The molecule has 0 fully saturated rings. The molecule has 0 atom stereocenters. The quantitative estimate of drug-likeness (QED) is 0.176. The highest BCUT2D eigenvalue weighted by Crippen LogP contribution is 2.45. The second-order valence-electron chi connectivity index (χ2n) is 14.7. The van der Waals surface area contributed by atoms with Crippen molar-refractivity contribution in [3.05, 3.63) is 188 Å². The van der Waals surface area contributed by atoms with E-state index in [0.717, 1.165) is 93.6 Å². The fourth-order valence-electron chi connectivity index (χ4n) is 8.66. The van der Waals surface area contributed by atoms with Crippen molar-refractivity contribution in [2.75, 3.05) is 0 Å². The Morgan fingerprint density at radius 1 is 0.293 bits per heavy atom. The minimum Gasteiger partial charge on any atom is -0.456 e. The topological polar surface area (TPSA) is 65.0 Å². The highest BCUT2D eigenvalue weighted by molar-refractivity contribution is 6.19. The van der Waals surface area contributed by atoms with Gasteiger partial charge in [-0.3, -0.25) is 0 Å². The molecule has 0 amide bonds. The second-order valence-corrected chi connectivity index (χ2v) is 14.7. The second kappa shape index (κ2) is 12.8. The van der Waals surface area contributed by atoms with E-state index in [0.29, 0.717) is 17.5 Å². The SMILES string of the molecule is c1ccc(-c2nc(-c3ccc(-c4ccc(-c5ccc6ccccc6c5)c5oc6ccccc6c45)c4ccccc34)nc(-c3cccc4oc5ccccc5c34)n2)cc1. The van der Waals surface area contributed by atoms with E-state index in [4.69, 9.17) is 23.8 Å². The maximum absolute atomic E-state index is 6.75. The normalized spacial score (nSPS) is 11.8. The van der Waals surface area contributed by atoms with E-state index in [1.165, 1.54) is 10.8 Å². The third kappa shape index (κ3) is 5.07.